The summed E-state index contributed by atoms with van der Waals surface area (Å²) in [5.41, 5.74) is 5.47. The lowest BCUT2D eigenvalue weighted by atomic mass is 10.1. The van der Waals surface area contributed by atoms with Crippen molar-refractivity contribution >= 4 is 23.7 Å². The highest BCUT2D eigenvalue weighted by molar-refractivity contribution is 5.94. The molecule has 1 fully saturated rings. The van der Waals surface area contributed by atoms with Crippen molar-refractivity contribution in [3.63, 3.8) is 0 Å². The fourth-order valence-corrected chi connectivity index (χ4v) is 2.87. The van der Waals surface area contributed by atoms with Crippen molar-refractivity contribution in [1.82, 2.24) is 21.3 Å². The molecule has 166 valence electrons. The van der Waals surface area contributed by atoms with Crippen molar-refractivity contribution in [1.29, 1.82) is 0 Å². The predicted octanol–water partition coefficient (Wildman–Crippen LogP) is -3.61. The fourth-order valence-electron chi connectivity index (χ4n) is 2.87. The number of hydrogen-bond acceptors (Lipinski definition) is 8. The second kappa shape index (κ2) is 13.0. The van der Waals surface area contributed by atoms with Gasteiger partial charge in [0.15, 0.2) is 0 Å². The second-order valence-corrected chi connectivity index (χ2v) is 6.82. The normalized spacial score (nSPS) is 19.1. The molecule has 9 N–H and O–H groups in total. The first-order valence-corrected chi connectivity index (χ1v) is 9.63. The van der Waals surface area contributed by atoms with Crippen LogP contribution in [-0.4, -0.2) is 89.5 Å². The van der Waals surface area contributed by atoms with E-state index in [2.05, 4.69) is 16.0 Å². The summed E-state index contributed by atoms with van der Waals surface area (Å²) in [5.74, 6) is -3.43. The number of unbranched alkanes of at least 4 members (excludes halogenated alkanes) is 1. The monoisotopic (exact) mass is 417 g/mol. The molecule has 1 saturated heterocycles. The Morgan fingerprint density at radius 3 is 2.10 bits per heavy atom. The highest BCUT2D eigenvalue weighted by atomic mass is 16.4. The Morgan fingerprint density at radius 2 is 1.59 bits per heavy atom. The fraction of sp³-hybridized carbons (Fsp3) is 0.765. The van der Waals surface area contributed by atoms with Crippen LogP contribution in [0.5, 0.6) is 0 Å². The first-order valence-electron chi connectivity index (χ1n) is 9.63. The van der Waals surface area contributed by atoms with Crippen LogP contribution >= 0.6 is 0 Å². The van der Waals surface area contributed by atoms with Crippen molar-refractivity contribution in [2.45, 2.75) is 56.3 Å². The number of carbonyl (C=O) groups excluding carboxylic acids is 3. The summed E-state index contributed by atoms with van der Waals surface area (Å²) in [4.78, 5) is 48.0. The molecule has 0 bridgehead atoms. The number of carboxylic acid groups (broad SMARTS) is 1. The van der Waals surface area contributed by atoms with Gasteiger partial charge in [-0.15, -0.1) is 0 Å². The van der Waals surface area contributed by atoms with Crippen LogP contribution in [0.3, 0.4) is 0 Å². The van der Waals surface area contributed by atoms with Crippen molar-refractivity contribution in [2.24, 2.45) is 5.73 Å². The Morgan fingerprint density at radius 1 is 0.966 bits per heavy atom. The maximum absolute atomic E-state index is 12.6. The van der Waals surface area contributed by atoms with E-state index >= 15 is 0 Å². The SMILES string of the molecule is NCCCCC(NC(=O)C1CCCN1)C(=O)NC(CO)C(=O)NC(CO)C(=O)O. The van der Waals surface area contributed by atoms with E-state index in [1.165, 1.54) is 0 Å². The average Bonchev–Trinajstić information content (AvgIpc) is 3.23. The summed E-state index contributed by atoms with van der Waals surface area (Å²) < 4.78 is 0. The third-order valence-corrected chi connectivity index (χ3v) is 4.57. The summed E-state index contributed by atoms with van der Waals surface area (Å²) >= 11 is 0. The number of carbonyl (C=O) groups is 4. The lowest BCUT2D eigenvalue weighted by Gasteiger charge is -2.24. The van der Waals surface area contributed by atoms with Crippen LogP contribution in [-0.2, 0) is 19.2 Å². The first-order chi connectivity index (χ1) is 13.8. The van der Waals surface area contributed by atoms with Crippen molar-refractivity contribution in [3.8, 4) is 0 Å². The van der Waals surface area contributed by atoms with E-state index in [1.54, 1.807) is 0 Å². The van der Waals surface area contributed by atoms with Gasteiger partial charge in [0.2, 0.25) is 17.7 Å². The number of nitrogens with two attached hydrogens (primary N) is 1. The van der Waals surface area contributed by atoms with Crippen LogP contribution in [0.25, 0.3) is 0 Å². The minimum Gasteiger partial charge on any atom is -0.480 e. The van der Waals surface area contributed by atoms with Gasteiger partial charge in [0.1, 0.15) is 18.1 Å². The lowest BCUT2D eigenvalue weighted by molar-refractivity contribution is -0.143. The number of aliphatic carboxylic acids is 1. The molecular formula is C17H31N5O7. The molecule has 0 aliphatic carbocycles. The molecule has 4 atom stereocenters. The molecule has 3 amide bonds. The van der Waals surface area contributed by atoms with Crippen LogP contribution in [0.4, 0.5) is 0 Å². The van der Waals surface area contributed by atoms with Crippen molar-refractivity contribution in [3.05, 3.63) is 0 Å². The van der Waals surface area contributed by atoms with E-state index in [4.69, 9.17) is 15.9 Å². The molecule has 1 aliphatic rings. The molecule has 0 radical (unpaired) electrons. The van der Waals surface area contributed by atoms with Gasteiger partial charge in [0, 0.05) is 0 Å². The summed E-state index contributed by atoms with van der Waals surface area (Å²) in [7, 11) is 0. The summed E-state index contributed by atoms with van der Waals surface area (Å²) in [6, 6.07) is -4.33. The summed E-state index contributed by atoms with van der Waals surface area (Å²) in [6.07, 6.45) is 3.00. The lowest BCUT2D eigenvalue weighted by Crippen LogP contribution is -2.58. The van der Waals surface area contributed by atoms with Crippen molar-refractivity contribution in [2.75, 3.05) is 26.3 Å². The molecule has 12 nitrogen and oxygen atoms in total. The Labute approximate surface area is 168 Å². The van der Waals surface area contributed by atoms with Gasteiger partial charge in [-0.3, -0.25) is 14.4 Å². The number of hydrogen-bond donors (Lipinski definition) is 8. The maximum Gasteiger partial charge on any atom is 0.328 e. The topological polar surface area (TPSA) is 203 Å². The van der Waals surface area contributed by atoms with E-state index in [-0.39, 0.29) is 12.3 Å². The molecule has 0 aromatic heterocycles. The molecule has 0 aromatic carbocycles. The van der Waals surface area contributed by atoms with Gasteiger partial charge in [0.25, 0.3) is 0 Å². The Balaban J connectivity index is 2.74. The molecule has 0 aromatic rings. The molecule has 1 rings (SSSR count). The highest BCUT2D eigenvalue weighted by Crippen LogP contribution is 2.07. The minimum atomic E-state index is -1.57. The van der Waals surface area contributed by atoms with Gasteiger partial charge in [-0.25, -0.2) is 4.79 Å². The van der Waals surface area contributed by atoms with Gasteiger partial charge < -0.3 is 42.3 Å². The maximum atomic E-state index is 12.6. The van der Waals surface area contributed by atoms with Gasteiger partial charge in [-0.2, -0.15) is 0 Å². The summed E-state index contributed by atoms with van der Waals surface area (Å²) in [6.45, 7) is -0.501. The number of aliphatic hydroxyl groups excluding tert-OH is 2. The quantitative estimate of drug-likeness (QED) is 0.139. The van der Waals surface area contributed by atoms with Gasteiger partial charge in [-0.05, 0) is 45.2 Å². The second-order valence-electron chi connectivity index (χ2n) is 6.82. The van der Waals surface area contributed by atoms with E-state index < -0.39 is 55.2 Å². The molecule has 29 heavy (non-hydrogen) atoms. The summed E-state index contributed by atoms with van der Waals surface area (Å²) in [5, 5.41) is 37.3. The van der Waals surface area contributed by atoms with Gasteiger partial charge >= 0.3 is 5.97 Å². The number of nitrogens with one attached hydrogen (secondary N) is 4. The number of carboxylic acids is 1. The predicted molar refractivity (Wildman–Crippen MR) is 102 cm³/mol. The third-order valence-electron chi connectivity index (χ3n) is 4.57. The molecule has 1 aliphatic heterocycles. The Bertz CT molecular complexity index is 568. The molecule has 12 heteroatoms. The smallest absolute Gasteiger partial charge is 0.328 e. The number of rotatable bonds is 13. The zero-order valence-electron chi connectivity index (χ0n) is 16.2. The van der Waals surface area contributed by atoms with Crippen LogP contribution in [0.1, 0.15) is 32.1 Å². The first kappa shape index (κ1) is 24.8. The molecule has 4 unspecified atom stereocenters. The number of aliphatic hydroxyl groups is 2. The van der Waals surface area contributed by atoms with Gasteiger partial charge in [-0.1, -0.05) is 0 Å². The Kier molecular flexibility index (Phi) is 11.1. The zero-order chi connectivity index (χ0) is 21.8. The molecule has 0 saturated carbocycles. The van der Waals surface area contributed by atoms with Crippen LogP contribution in [0.15, 0.2) is 0 Å². The average molecular weight is 417 g/mol. The van der Waals surface area contributed by atoms with Crippen LogP contribution < -0.4 is 27.0 Å². The Hall–Kier alpha value is -2.28. The third kappa shape index (κ3) is 8.31. The number of amides is 3. The van der Waals surface area contributed by atoms with E-state index in [1.807, 2.05) is 5.32 Å². The molecule has 1 heterocycles. The zero-order valence-corrected chi connectivity index (χ0v) is 16.2. The highest BCUT2D eigenvalue weighted by Gasteiger charge is 2.30. The van der Waals surface area contributed by atoms with Crippen LogP contribution in [0.2, 0.25) is 0 Å². The minimum absolute atomic E-state index is 0.287. The van der Waals surface area contributed by atoms with Gasteiger partial charge in [0.05, 0.1) is 19.3 Å². The standard InChI is InChI=1S/C17H31N5O7/c18-6-2-1-4-11(20-14(25)10-5-3-7-19-10)15(26)21-12(8-23)16(27)22-13(9-24)17(28)29/h10-13,19,23-24H,1-9,18H2,(H,20,25)(H,21,26)(H,22,27)(H,28,29). The van der Waals surface area contributed by atoms with E-state index in [9.17, 15) is 24.3 Å². The molecule has 0 spiro atoms. The van der Waals surface area contributed by atoms with Crippen molar-refractivity contribution < 1.29 is 34.5 Å². The van der Waals surface area contributed by atoms with Crippen LogP contribution in [0, 0.1) is 0 Å². The van der Waals surface area contributed by atoms with E-state index in [0.29, 0.717) is 32.4 Å². The largest absolute Gasteiger partial charge is 0.480 e. The molecular weight excluding hydrogens is 386 g/mol. The van der Waals surface area contributed by atoms with E-state index in [0.717, 1.165) is 6.42 Å².